The Morgan fingerprint density at radius 2 is 2.06 bits per heavy atom. The van der Waals surface area contributed by atoms with Crippen LogP contribution >= 0.6 is 0 Å². The topological polar surface area (TPSA) is 39.9 Å². The van der Waals surface area contributed by atoms with Crippen molar-refractivity contribution in [1.29, 1.82) is 5.26 Å². The first-order valence-corrected chi connectivity index (χ1v) is 7.02. The third-order valence-corrected chi connectivity index (χ3v) is 4.44. The van der Waals surface area contributed by atoms with Crippen molar-refractivity contribution < 1.29 is 0 Å². The second-order valence-electron chi connectivity index (χ2n) is 5.43. The van der Waals surface area contributed by atoms with Crippen molar-refractivity contribution >= 4 is 5.69 Å². The molecule has 0 bridgehead atoms. The molecule has 3 rings (SSSR count). The fourth-order valence-electron chi connectivity index (χ4n) is 3.64. The summed E-state index contributed by atoms with van der Waals surface area (Å²) in [6.45, 7) is 1.08. The number of nitriles is 1. The van der Waals surface area contributed by atoms with E-state index in [4.69, 9.17) is 0 Å². The highest BCUT2D eigenvalue weighted by atomic mass is 15.2. The minimum Gasteiger partial charge on any atom is -0.366 e. The number of fused-ring (bicyclic) bond motifs is 1. The zero-order valence-corrected chi connectivity index (χ0v) is 10.7. The molecule has 1 aromatic heterocycles. The summed E-state index contributed by atoms with van der Waals surface area (Å²) in [5, 5.41) is 9.21. The first kappa shape index (κ1) is 11.5. The zero-order chi connectivity index (χ0) is 12.4. The predicted octanol–water partition coefficient (Wildman–Crippen LogP) is 3.11. The van der Waals surface area contributed by atoms with Crippen molar-refractivity contribution in [2.75, 3.05) is 11.4 Å². The molecule has 2 aliphatic rings. The minimum atomic E-state index is 0.587. The number of nitrogens with zero attached hydrogens (tertiary/aromatic N) is 3. The third kappa shape index (κ3) is 1.96. The third-order valence-electron chi connectivity index (χ3n) is 4.44. The maximum absolute atomic E-state index is 9.21. The van der Waals surface area contributed by atoms with Gasteiger partial charge in [-0.2, -0.15) is 5.26 Å². The molecule has 1 aliphatic heterocycles. The Morgan fingerprint density at radius 3 is 2.94 bits per heavy atom. The van der Waals surface area contributed by atoms with Gasteiger partial charge in [-0.25, -0.2) is 4.98 Å². The molecule has 1 saturated heterocycles. The molecule has 2 unspecified atom stereocenters. The van der Waals surface area contributed by atoms with Crippen LogP contribution in [0.2, 0.25) is 0 Å². The van der Waals surface area contributed by atoms with E-state index >= 15 is 0 Å². The molecule has 18 heavy (non-hydrogen) atoms. The van der Waals surface area contributed by atoms with Crippen LogP contribution in [0.5, 0.6) is 0 Å². The predicted molar refractivity (Wildman–Crippen MR) is 71.3 cm³/mol. The van der Waals surface area contributed by atoms with Crippen molar-refractivity contribution in [2.24, 2.45) is 5.92 Å². The lowest BCUT2D eigenvalue weighted by Gasteiger charge is -2.45. The summed E-state index contributed by atoms with van der Waals surface area (Å²) in [6, 6.07) is 6.88. The Balaban J connectivity index is 1.92. The van der Waals surface area contributed by atoms with E-state index in [0.29, 0.717) is 11.7 Å². The summed E-state index contributed by atoms with van der Waals surface area (Å²) in [5.74, 6) is 0.833. The van der Waals surface area contributed by atoms with E-state index in [-0.39, 0.29) is 0 Å². The number of hydrogen-bond acceptors (Lipinski definition) is 3. The molecule has 3 nitrogen and oxygen atoms in total. The number of anilines is 1. The van der Waals surface area contributed by atoms with Crippen LogP contribution in [0.25, 0.3) is 0 Å². The van der Waals surface area contributed by atoms with Crippen molar-refractivity contribution in [3.63, 3.8) is 0 Å². The van der Waals surface area contributed by atoms with Gasteiger partial charge in [0.15, 0.2) is 5.69 Å². The number of pyridine rings is 1. The fourth-order valence-corrected chi connectivity index (χ4v) is 3.64. The summed E-state index contributed by atoms with van der Waals surface area (Å²) >= 11 is 0. The van der Waals surface area contributed by atoms with Gasteiger partial charge in [-0.15, -0.1) is 0 Å². The van der Waals surface area contributed by atoms with Crippen LogP contribution in [0, 0.1) is 17.2 Å². The Morgan fingerprint density at radius 1 is 1.22 bits per heavy atom. The first-order chi connectivity index (χ1) is 8.90. The van der Waals surface area contributed by atoms with Gasteiger partial charge in [0, 0.05) is 18.8 Å². The van der Waals surface area contributed by atoms with Crippen LogP contribution in [0.15, 0.2) is 18.3 Å². The SMILES string of the molecule is N#Cc1ncccc1N1CCCC2CCCCC21. The molecule has 1 saturated carbocycles. The molecule has 0 N–H and O–H groups in total. The Kier molecular flexibility index (Phi) is 3.19. The van der Waals surface area contributed by atoms with Gasteiger partial charge < -0.3 is 4.90 Å². The summed E-state index contributed by atoms with van der Waals surface area (Å²) < 4.78 is 0. The van der Waals surface area contributed by atoms with Crippen molar-refractivity contribution in [2.45, 2.75) is 44.6 Å². The molecule has 2 fully saturated rings. The highest BCUT2D eigenvalue weighted by Gasteiger charge is 2.34. The lowest BCUT2D eigenvalue weighted by Crippen LogP contribution is -2.47. The molecule has 94 valence electrons. The van der Waals surface area contributed by atoms with E-state index in [1.807, 2.05) is 6.07 Å². The van der Waals surface area contributed by atoms with Crippen LogP contribution in [0.4, 0.5) is 5.69 Å². The molecular weight excluding hydrogens is 222 g/mol. The highest BCUT2D eigenvalue weighted by Crippen LogP contribution is 2.38. The highest BCUT2D eigenvalue weighted by molar-refractivity contribution is 5.56. The summed E-state index contributed by atoms with van der Waals surface area (Å²) in [6.07, 6.45) is 9.69. The van der Waals surface area contributed by atoms with Crippen LogP contribution in [-0.4, -0.2) is 17.6 Å². The van der Waals surface area contributed by atoms with Crippen LogP contribution in [0.1, 0.15) is 44.2 Å². The molecular formula is C15H19N3. The quantitative estimate of drug-likeness (QED) is 0.758. The van der Waals surface area contributed by atoms with E-state index in [9.17, 15) is 5.26 Å². The van der Waals surface area contributed by atoms with Gasteiger partial charge in [0.2, 0.25) is 0 Å². The van der Waals surface area contributed by atoms with Crippen molar-refractivity contribution in [1.82, 2.24) is 4.98 Å². The summed E-state index contributed by atoms with van der Waals surface area (Å²) in [5.41, 5.74) is 1.64. The zero-order valence-electron chi connectivity index (χ0n) is 10.7. The number of aromatic nitrogens is 1. The lowest BCUT2D eigenvalue weighted by molar-refractivity contribution is 0.243. The van der Waals surface area contributed by atoms with Gasteiger partial charge in [-0.05, 0) is 43.7 Å². The van der Waals surface area contributed by atoms with Crippen molar-refractivity contribution in [3.05, 3.63) is 24.0 Å². The van der Waals surface area contributed by atoms with Gasteiger partial charge in [0.25, 0.3) is 0 Å². The molecule has 0 amide bonds. The molecule has 3 heteroatoms. The maximum Gasteiger partial charge on any atom is 0.163 e. The van der Waals surface area contributed by atoms with Gasteiger partial charge in [0.05, 0.1) is 5.69 Å². The normalized spacial score (nSPS) is 27.4. The van der Waals surface area contributed by atoms with Crippen LogP contribution < -0.4 is 4.90 Å². The standard InChI is InChI=1S/C15H19N3/c16-11-13-15(8-3-9-17-13)18-10-4-6-12-5-1-2-7-14(12)18/h3,8-9,12,14H,1-2,4-7,10H2. The van der Waals surface area contributed by atoms with Gasteiger partial charge in [0.1, 0.15) is 6.07 Å². The van der Waals surface area contributed by atoms with E-state index in [2.05, 4.69) is 22.0 Å². The molecule has 2 atom stereocenters. The van der Waals surface area contributed by atoms with Gasteiger partial charge in [-0.3, -0.25) is 0 Å². The number of rotatable bonds is 1. The first-order valence-electron chi connectivity index (χ1n) is 7.02. The minimum absolute atomic E-state index is 0.587. The molecule has 0 radical (unpaired) electrons. The summed E-state index contributed by atoms with van der Waals surface area (Å²) in [4.78, 5) is 6.66. The Hall–Kier alpha value is -1.56. The Labute approximate surface area is 108 Å². The van der Waals surface area contributed by atoms with E-state index in [1.165, 1.54) is 38.5 Å². The Bertz CT molecular complexity index is 461. The molecule has 1 aromatic rings. The monoisotopic (exact) mass is 241 g/mol. The van der Waals surface area contributed by atoms with E-state index in [1.54, 1.807) is 6.20 Å². The van der Waals surface area contributed by atoms with Crippen LogP contribution in [0.3, 0.4) is 0 Å². The molecule has 1 aliphatic carbocycles. The smallest absolute Gasteiger partial charge is 0.163 e. The average Bonchev–Trinajstić information content (AvgIpc) is 2.46. The fraction of sp³-hybridized carbons (Fsp3) is 0.600. The van der Waals surface area contributed by atoms with E-state index < -0.39 is 0 Å². The van der Waals surface area contributed by atoms with Crippen LogP contribution in [-0.2, 0) is 0 Å². The average molecular weight is 241 g/mol. The molecule has 2 heterocycles. The second kappa shape index (κ2) is 4.97. The largest absolute Gasteiger partial charge is 0.366 e. The second-order valence-corrected chi connectivity index (χ2v) is 5.43. The number of hydrogen-bond donors (Lipinski definition) is 0. The van der Waals surface area contributed by atoms with Gasteiger partial charge >= 0.3 is 0 Å². The molecule has 0 spiro atoms. The number of piperidine rings is 1. The van der Waals surface area contributed by atoms with Crippen molar-refractivity contribution in [3.8, 4) is 6.07 Å². The molecule has 0 aromatic carbocycles. The van der Waals surface area contributed by atoms with E-state index in [0.717, 1.165) is 18.2 Å². The maximum atomic E-state index is 9.21. The lowest BCUT2D eigenvalue weighted by atomic mass is 9.78. The summed E-state index contributed by atoms with van der Waals surface area (Å²) in [7, 11) is 0. The van der Waals surface area contributed by atoms with Gasteiger partial charge in [-0.1, -0.05) is 12.8 Å².